The van der Waals surface area contributed by atoms with Crippen LogP contribution in [0.15, 0.2) is 29.6 Å². The van der Waals surface area contributed by atoms with Gasteiger partial charge in [0.05, 0.1) is 20.8 Å². The van der Waals surface area contributed by atoms with Crippen LogP contribution < -0.4 is 14.8 Å². The number of nitrogens with one attached hydrogen (secondary N) is 1. The van der Waals surface area contributed by atoms with E-state index in [1.807, 2.05) is 63.1 Å². The third-order valence-corrected chi connectivity index (χ3v) is 6.46. The Morgan fingerprint density at radius 3 is 2.29 bits per heavy atom. The van der Waals surface area contributed by atoms with Gasteiger partial charge in [0.2, 0.25) is 5.91 Å². The average Bonchev–Trinajstić information content (AvgIpc) is 3.18. The molecular weight excluding hydrogens is 462 g/mol. The van der Waals surface area contributed by atoms with Crippen LogP contribution in [-0.4, -0.2) is 61.1 Å². The molecule has 3 amide bonds. The van der Waals surface area contributed by atoms with Crippen molar-refractivity contribution in [3.8, 4) is 11.5 Å². The molecular formula is C27H41N3O4S. The van der Waals surface area contributed by atoms with Gasteiger partial charge >= 0.3 is 6.03 Å². The second-order valence-corrected chi connectivity index (χ2v) is 11.2. The van der Waals surface area contributed by atoms with Gasteiger partial charge in [-0.05, 0) is 74.7 Å². The molecule has 0 aliphatic rings. The fourth-order valence-corrected chi connectivity index (χ4v) is 4.58. The van der Waals surface area contributed by atoms with Gasteiger partial charge in [-0.1, -0.05) is 19.9 Å². The summed E-state index contributed by atoms with van der Waals surface area (Å²) >= 11 is 1.65. The highest BCUT2D eigenvalue weighted by Gasteiger charge is 2.25. The van der Waals surface area contributed by atoms with E-state index >= 15 is 0 Å². The number of ether oxygens (including phenoxy) is 2. The molecule has 1 aromatic heterocycles. The van der Waals surface area contributed by atoms with Gasteiger partial charge in [-0.3, -0.25) is 4.79 Å². The summed E-state index contributed by atoms with van der Waals surface area (Å²) in [5, 5.41) is 5.04. The van der Waals surface area contributed by atoms with Gasteiger partial charge < -0.3 is 24.6 Å². The lowest BCUT2D eigenvalue weighted by Gasteiger charge is -2.31. The van der Waals surface area contributed by atoms with E-state index in [4.69, 9.17) is 9.47 Å². The first-order valence-electron chi connectivity index (χ1n) is 12.0. The maximum Gasteiger partial charge on any atom is 0.318 e. The highest BCUT2D eigenvalue weighted by atomic mass is 32.1. The molecule has 0 radical (unpaired) electrons. The maximum absolute atomic E-state index is 13.6. The fraction of sp³-hybridized carbons (Fsp3) is 0.556. The maximum atomic E-state index is 13.6. The quantitative estimate of drug-likeness (QED) is 0.463. The molecule has 0 bridgehead atoms. The van der Waals surface area contributed by atoms with Gasteiger partial charge in [-0.15, -0.1) is 11.3 Å². The first-order chi connectivity index (χ1) is 16.4. The molecule has 0 aliphatic heterocycles. The third kappa shape index (κ3) is 9.09. The lowest BCUT2D eigenvalue weighted by molar-refractivity contribution is -0.132. The van der Waals surface area contributed by atoms with Crippen molar-refractivity contribution in [3.05, 3.63) is 45.6 Å². The minimum absolute atomic E-state index is 0.0381. The Balaban J connectivity index is 2.22. The van der Waals surface area contributed by atoms with E-state index in [1.165, 1.54) is 5.56 Å². The first kappa shape index (κ1) is 28.5. The van der Waals surface area contributed by atoms with Crippen LogP contribution in [-0.2, 0) is 17.8 Å². The van der Waals surface area contributed by atoms with Crippen LogP contribution in [0.1, 0.15) is 50.6 Å². The molecule has 1 N–H and O–H groups in total. The van der Waals surface area contributed by atoms with Gasteiger partial charge in [0, 0.05) is 23.5 Å². The molecule has 8 heteroatoms. The van der Waals surface area contributed by atoms with E-state index in [-0.39, 0.29) is 29.9 Å². The molecule has 0 atom stereocenters. The summed E-state index contributed by atoms with van der Waals surface area (Å²) in [7, 11) is 3.23. The van der Waals surface area contributed by atoms with E-state index in [2.05, 4.69) is 18.3 Å². The molecule has 0 saturated carbocycles. The molecule has 1 heterocycles. The Morgan fingerprint density at radius 1 is 1.06 bits per heavy atom. The van der Waals surface area contributed by atoms with Crippen molar-refractivity contribution in [2.75, 3.05) is 33.9 Å². The second kappa shape index (κ2) is 12.8. The Labute approximate surface area is 214 Å². The van der Waals surface area contributed by atoms with Crippen LogP contribution in [0.4, 0.5) is 4.79 Å². The summed E-state index contributed by atoms with van der Waals surface area (Å²) in [6.45, 7) is 13.6. The highest BCUT2D eigenvalue weighted by molar-refractivity contribution is 7.10. The third-order valence-electron chi connectivity index (χ3n) is 5.45. The lowest BCUT2D eigenvalue weighted by Crippen LogP contribution is -2.52. The number of aryl methyl sites for hydroxylation is 1. The summed E-state index contributed by atoms with van der Waals surface area (Å²) in [6.07, 6.45) is 0.662. The number of nitrogens with zero attached hydrogens (tertiary/aromatic N) is 2. The molecule has 7 nitrogen and oxygen atoms in total. The molecule has 0 aliphatic carbocycles. The Bertz CT molecular complexity index is 981. The van der Waals surface area contributed by atoms with Gasteiger partial charge in [0.25, 0.3) is 0 Å². The minimum atomic E-state index is -0.378. The predicted octanol–water partition coefficient (Wildman–Crippen LogP) is 5.11. The molecule has 2 rings (SSSR count). The van der Waals surface area contributed by atoms with Crippen molar-refractivity contribution >= 4 is 23.3 Å². The normalized spacial score (nSPS) is 11.3. The molecule has 0 fully saturated rings. The van der Waals surface area contributed by atoms with Crippen molar-refractivity contribution in [2.24, 2.45) is 5.92 Å². The van der Waals surface area contributed by atoms with Gasteiger partial charge in [-0.25, -0.2) is 4.79 Å². The number of benzene rings is 1. The number of hydrogen-bond acceptors (Lipinski definition) is 5. The van der Waals surface area contributed by atoms with E-state index in [9.17, 15) is 9.59 Å². The zero-order chi connectivity index (χ0) is 26.2. The number of rotatable bonds is 11. The summed E-state index contributed by atoms with van der Waals surface area (Å²) < 4.78 is 10.8. The zero-order valence-corrected chi connectivity index (χ0v) is 23.3. The fourth-order valence-electron chi connectivity index (χ4n) is 3.65. The molecule has 0 unspecified atom stereocenters. The number of hydrogen-bond donors (Lipinski definition) is 1. The van der Waals surface area contributed by atoms with Crippen LogP contribution in [0.3, 0.4) is 0 Å². The van der Waals surface area contributed by atoms with Crippen LogP contribution >= 0.6 is 11.3 Å². The van der Waals surface area contributed by atoms with E-state index in [1.54, 1.807) is 30.5 Å². The monoisotopic (exact) mass is 503 g/mol. The number of carbonyl (C=O) groups excluding carboxylic acids is 2. The smallest absolute Gasteiger partial charge is 0.318 e. The first-order valence-corrected chi connectivity index (χ1v) is 12.9. The number of urea groups is 1. The summed E-state index contributed by atoms with van der Waals surface area (Å²) in [6, 6.07) is 7.66. The van der Waals surface area contributed by atoms with Crippen LogP contribution in [0.25, 0.3) is 0 Å². The van der Waals surface area contributed by atoms with Crippen molar-refractivity contribution < 1.29 is 19.1 Å². The minimum Gasteiger partial charge on any atom is -0.493 e. The van der Waals surface area contributed by atoms with Crippen molar-refractivity contribution in [2.45, 2.75) is 60.0 Å². The zero-order valence-electron chi connectivity index (χ0n) is 22.4. The molecule has 35 heavy (non-hydrogen) atoms. The topological polar surface area (TPSA) is 71.1 Å². The van der Waals surface area contributed by atoms with Crippen molar-refractivity contribution in [3.63, 3.8) is 0 Å². The van der Waals surface area contributed by atoms with Crippen LogP contribution in [0, 0.1) is 12.8 Å². The largest absolute Gasteiger partial charge is 0.493 e. The Kier molecular flexibility index (Phi) is 10.4. The standard InChI is InChI=1S/C27H41N3O4S/c1-19(2)16-30(26(32)28-27(4,5)6)18-25(31)29(17-24-20(3)12-14-35-24)13-11-21-9-10-22(33-7)23(15-21)34-8/h9-10,12,14-15,19H,11,13,16-18H2,1-8H3,(H,28,32). The molecule has 194 valence electrons. The Morgan fingerprint density at radius 2 is 1.74 bits per heavy atom. The summed E-state index contributed by atoms with van der Waals surface area (Å²) in [5.41, 5.74) is 1.84. The van der Waals surface area contributed by atoms with Crippen molar-refractivity contribution in [1.29, 1.82) is 0 Å². The number of methoxy groups -OCH3 is 2. The number of amides is 3. The van der Waals surface area contributed by atoms with E-state index in [0.717, 1.165) is 10.4 Å². The van der Waals surface area contributed by atoms with Crippen LogP contribution in [0.5, 0.6) is 11.5 Å². The second-order valence-electron chi connectivity index (χ2n) is 10.2. The van der Waals surface area contributed by atoms with Crippen LogP contribution in [0.2, 0.25) is 0 Å². The predicted molar refractivity (Wildman–Crippen MR) is 142 cm³/mol. The number of thiophene rings is 1. The lowest BCUT2D eigenvalue weighted by atomic mass is 10.1. The van der Waals surface area contributed by atoms with Gasteiger partial charge in [-0.2, -0.15) is 0 Å². The average molecular weight is 504 g/mol. The highest BCUT2D eigenvalue weighted by Crippen LogP contribution is 2.28. The van der Waals surface area contributed by atoms with Crippen molar-refractivity contribution in [1.82, 2.24) is 15.1 Å². The summed E-state index contributed by atoms with van der Waals surface area (Å²) in [4.78, 5) is 31.1. The Hall–Kier alpha value is -2.74. The SMILES string of the molecule is COc1ccc(CCN(Cc2sccc2C)C(=O)CN(CC(C)C)C(=O)NC(C)(C)C)cc1OC. The van der Waals surface area contributed by atoms with Gasteiger partial charge in [0.1, 0.15) is 6.54 Å². The van der Waals surface area contributed by atoms with E-state index < -0.39 is 0 Å². The van der Waals surface area contributed by atoms with E-state index in [0.29, 0.717) is 37.6 Å². The van der Waals surface area contributed by atoms with Gasteiger partial charge in [0.15, 0.2) is 11.5 Å². The number of carbonyl (C=O) groups is 2. The molecule has 0 spiro atoms. The molecule has 1 aromatic carbocycles. The summed E-state index contributed by atoms with van der Waals surface area (Å²) in [5.74, 6) is 1.52. The molecule has 2 aromatic rings. The molecule has 0 saturated heterocycles.